The molecule has 0 saturated heterocycles. The van der Waals surface area contributed by atoms with Gasteiger partial charge in [-0.05, 0) is 12.3 Å². The molecule has 0 rings (SSSR count). The molecule has 0 aliphatic heterocycles. The Balaban J connectivity index is 3.69. The molecular weight excluding hydrogens is 156 g/mol. The van der Waals surface area contributed by atoms with Crippen LogP contribution in [-0.4, -0.2) is 24.3 Å². The van der Waals surface area contributed by atoms with Crippen molar-refractivity contribution in [3.05, 3.63) is 0 Å². The van der Waals surface area contributed by atoms with Crippen molar-refractivity contribution in [1.29, 1.82) is 0 Å². The monoisotopic (exact) mass is 174 g/mol. The van der Waals surface area contributed by atoms with Crippen molar-refractivity contribution in [1.82, 2.24) is 0 Å². The lowest BCUT2D eigenvalue weighted by Crippen LogP contribution is -2.22. The molecule has 0 radical (unpaired) electrons. The van der Waals surface area contributed by atoms with Crippen LogP contribution in [0.1, 0.15) is 27.2 Å². The third-order valence-corrected chi connectivity index (χ3v) is 1.61. The molecule has 0 saturated carbocycles. The number of ether oxygens (including phenoxy) is 1. The third-order valence-electron chi connectivity index (χ3n) is 1.61. The topological polar surface area (TPSA) is 46.5 Å². The molecule has 0 bridgehead atoms. The number of aliphatic hydroxyl groups is 1. The summed E-state index contributed by atoms with van der Waals surface area (Å²) in [5.74, 6) is -0.275. The van der Waals surface area contributed by atoms with Crippen molar-refractivity contribution in [2.45, 2.75) is 27.2 Å². The van der Waals surface area contributed by atoms with Gasteiger partial charge in [-0.2, -0.15) is 0 Å². The summed E-state index contributed by atoms with van der Waals surface area (Å²) in [6, 6.07) is 0. The highest BCUT2D eigenvalue weighted by atomic mass is 16.5. The first-order chi connectivity index (χ1) is 5.61. The lowest BCUT2D eigenvalue weighted by atomic mass is 10.1. The van der Waals surface area contributed by atoms with Crippen LogP contribution in [0, 0.1) is 11.8 Å². The summed E-state index contributed by atoms with van der Waals surface area (Å²) in [6.45, 7) is 6.14. The Bertz CT molecular complexity index is 128. The number of carbonyl (C=O) groups excluding carboxylic acids is 1. The zero-order valence-corrected chi connectivity index (χ0v) is 8.04. The molecule has 0 aliphatic carbocycles. The van der Waals surface area contributed by atoms with Crippen LogP contribution in [-0.2, 0) is 9.53 Å². The van der Waals surface area contributed by atoms with Gasteiger partial charge in [0.05, 0.1) is 19.1 Å². The minimum atomic E-state index is -0.344. The van der Waals surface area contributed by atoms with E-state index >= 15 is 0 Å². The average molecular weight is 174 g/mol. The van der Waals surface area contributed by atoms with Gasteiger partial charge in [-0.25, -0.2) is 0 Å². The number of aliphatic hydroxyl groups excluding tert-OH is 1. The van der Waals surface area contributed by atoms with Crippen LogP contribution in [0.3, 0.4) is 0 Å². The maximum absolute atomic E-state index is 11.1. The van der Waals surface area contributed by atoms with Crippen molar-refractivity contribution in [3.8, 4) is 0 Å². The summed E-state index contributed by atoms with van der Waals surface area (Å²) < 4.78 is 4.95. The number of carbonyl (C=O) groups is 1. The Morgan fingerprint density at radius 3 is 2.42 bits per heavy atom. The van der Waals surface area contributed by atoms with Crippen molar-refractivity contribution in [2.75, 3.05) is 13.2 Å². The van der Waals surface area contributed by atoms with Crippen molar-refractivity contribution in [2.24, 2.45) is 11.8 Å². The number of hydrogen-bond acceptors (Lipinski definition) is 3. The molecule has 0 heterocycles. The fraction of sp³-hybridized carbons (Fsp3) is 0.889. The van der Waals surface area contributed by atoms with E-state index in [1.54, 1.807) is 0 Å². The van der Waals surface area contributed by atoms with Gasteiger partial charge in [-0.1, -0.05) is 20.8 Å². The van der Waals surface area contributed by atoms with Gasteiger partial charge in [0.2, 0.25) is 0 Å². The maximum Gasteiger partial charge on any atom is 0.311 e. The van der Waals surface area contributed by atoms with Crippen molar-refractivity contribution < 1.29 is 14.6 Å². The zero-order valence-electron chi connectivity index (χ0n) is 8.04. The van der Waals surface area contributed by atoms with E-state index in [1.165, 1.54) is 0 Å². The third kappa shape index (κ3) is 4.34. The van der Waals surface area contributed by atoms with E-state index in [1.807, 2.05) is 20.8 Å². The molecule has 1 unspecified atom stereocenters. The van der Waals surface area contributed by atoms with Crippen LogP contribution in [0.4, 0.5) is 0 Å². The molecule has 0 aromatic rings. The summed E-state index contributed by atoms with van der Waals surface area (Å²) in [4.78, 5) is 11.1. The molecule has 3 heteroatoms. The van der Waals surface area contributed by atoms with Crippen LogP contribution < -0.4 is 0 Å². The molecule has 0 fully saturated rings. The van der Waals surface area contributed by atoms with E-state index in [4.69, 9.17) is 9.84 Å². The molecule has 72 valence electrons. The van der Waals surface area contributed by atoms with Crippen LogP contribution in [0.2, 0.25) is 0 Å². The smallest absolute Gasteiger partial charge is 0.311 e. The molecule has 1 N–H and O–H groups in total. The van der Waals surface area contributed by atoms with Crippen LogP contribution >= 0.6 is 0 Å². The first kappa shape index (κ1) is 11.4. The Morgan fingerprint density at radius 2 is 2.08 bits per heavy atom. The minimum absolute atomic E-state index is 0.118. The summed E-state index contributed by atoms with van der Waals surface area (Å²) in [6.07, 6.45) is 0.632. The number of rotatable bonds is 5. The standard InChI is InChI=1S/C9H18O3/c1-4-8(5-10)9(11)12-6-7(2)3/h7-8,10H,4-6H2,1-3H3. The van der Waals surface area contributed by atoms with Crippen molar-refractivity contribution in [3.63, 3.8) is 0 Å². The SMILES string of the molecule is CCC(CO)C(=O)OCC(C)C. The van der Waals surface area contributed by atoms with Gasteiger partial charge in [0.1, 0.15) is 0 Å². The lowest BCUT2D eigenvalue weighted by molar-refractivity contribution is -0.151. The van der Waals surface area contributed by atoms with Gasteiger partial charge >= 0.3 is 5.97 Å². The fourth-order valence-corrected chi connectivity index (χ4v) is 0.737. The number of esters is 1. The van der Waals surface area contributed by atoms with Gasteiger partial charge in [-0.3, -0.25) is 4.79 Å². The van der Waals surface area contributed by atoms with E-state index in [0.29, 0.717) is 18.9 Å². The Morgan fingerprint density at radius 1 is 1.50 bits per heavy atom. The predicted octanol–water partition coefficient (Wildman–Crippen LogP) is 1.20. The fourth-order valence-electron chi connectivity index (χ4n) is 0.737. The summed E-state index contributed by atoms with van der Waals surface area (Å²) in [5.41, 5.74) is 0. The van der Waals surface area contributed by atoms with E-state index in [0.717, 1.165) is 0 Å². The molecule has 0 aliphatic rings. The van der Waals surface area contributed by atoms with Gasteiger partial charge in [-0.15, -0.1) is 0 Å². The molecule has 1 atom stereocenters. The Hall–Kier alpha value is -0.570. The largest absolute Gasteiger partial charge is 0.465 e. The summed E-state index contributed by atoms with van der Waals surface area (Å²) in [7, 11) is 0. The van der Waals surface area contributed by atoms with E-state index in [9.17, 15) is 4.79 Å². The van der Waals surface area contributed by atoms with Crippen LogP contribution in [0.5, 0.6) is 0 Å². The van der Waals surface area contributed by atoms with Crippen molar-refractivity contribution >= 4 is 5.97 Å². The first-order valence-electron chi connectivity index (χ1n) is 4.39. The average Bonchev–Trinajstić information content (AvgIpc) is 2.03. The summed E-state index contributed by atoms with van der Waals surface area (Å²) in [5, 5.41) is 8.76. The molecule has 0 aromatic heterocycles. The Labute approximate surface area is 73.7 Å². The molecule has 0 amide bonds. The highest BCUT2D eigenvalue weighted by Crippen LogP contribution is 2.05. The van der Waals surface area contributed by atoms with E-state index in [2.05, 4.69) is 0 Å². The predicted molar refractivity (Wildman–Crippen MR) is 46.7 cm³/mol. The molecule has 0 aromatic carbocycles. The highest BCUT2D eigenvalue weighted by molar-refractivity contribution is 5.72. The zero-order chi connectivity index (χ0) is 9.56. The van der Waals surface area contributed by atoms with E-state index < -0.39 is 0 Å². The second kappa shape index (κ2) is 6.00. The van der Waals surface area contributed by atoms with Crippen LogP contribution in [0.15, 0.2) is 0 Å². The minimum Gasteiger partial charge on any atom is -0.465 e. The second-order valence-corrected chi connectivity index (χ2v) is 3.31. The quantitative estimate of drug-likeness (QED) is 0.637. The van der Waals surface area contributed by atoms with Gasteiger partial charge < -0.3 is 9.84 Å². The van der Waals surface area contributed by atoms with Gasteiger partial charge in [0.15, 0.2) is 0 Å². The number of hydrogen-bond donors (Lipinski definition) is 1. The highest BCUT2D eigenvalue weighted by Gasteiger charge is 2.16. The second-order valence-electron chi connectivity index (χ2n) is 3.31. The maximum atomic E-state index is 11.1. The van der Waals surface area contributed by atoms with Gasteiger partial charge in [0, 0.05) is 0 Å². The summed E-state index contributed by atoms with van der Waals surface area (Å²) >= 11 is 0. The van der Waals surface area contributed by atoms with Crippen LogP contribution in [0.25, 0.3) is 0 Å². The first-order valence-corrected chi connectivity index (χ1v) is 4.39. The molecule has 12 heavy (non-hydrogen) atoms. The van der Waals surface area contributed by atoms with Gasteiger partial charge in [0.25, 0.3) is 0 Å². The Kier molecular flexibility index (Phi) is 5.72. The van der Waals surface area contributed by atoms with E-state index in [-0.39, 0.29) is 18.5 Å². The molecule has 0 spiro atoms. The normalized spacial score (nSPS) is 13.1. The molecular formula is C9H18O3. The lowest BCUT2D eigenvalue weighted by Gasteiger charge is -2.12. The molecule has 3 nitrogen and oxygen atoms in total.